The Balaban J connectivity index is 2.23. The van der Waals surface area contributed by atoms with Gasteiger partial charge >= 0.3 is 0 Å². The lowest BCUT2D eigenvalue weighted by Gasteiger charge is -2.40. The molecule has 1 heterocycles. The molecule has 1 aromatic carbocycles. The molecule has 1 aromatic rings. The Hall–Kier alpha value is -1.07. The van der Waals surface area contributed by atoms with E-state index < -0.39 is 9.84 Å². The van der Waals surface area contributed by atoms with Crippen molar-refractivity contribution in [3.8, 4) is 0 Å². The van der Waals surface area contributed by atoms with E-state index in [-0.39, 0.29) is 0 Å². The molecule has 2 rings (SSSR count). The maximum absolute atomic E-state index is 11.7. The van der Waals surface area contributed by atoms with Crippen LogP contribution in [0.4, 0.5) is 5.69 Å². The third kappa shape index (κ3) is 3.77. The van der Waals surface area contributed by atoms with Gasteiger partial charge in [-0.25, -0.2) is 8.42 Å². The summed E-state index contributed by atoms with van der Waals surface area (Å²) < 4.78 is 23.4. The van der Waals surface area contributed by atoms with E-state index in [2.05, 4.69) is 31.1 Å². The second-order valence-electron chi connectivity index (χ2n) is 6.50. The van der Waals surface area contributed by atoms with Crippen molar-refractivity contribution in [1.29, 1.82) is 0 Å². The number of hydrogen-bond acceptors (Lipinski definition) is 4. The van der Waals surface area contributed by atoms with E-state index in [1.807, 2.05) is 13.0 Å². The van der Waals surface area contributed by atoms with E-state index in [1.165, 1.54) is 6.26 Å². The Morgan fingerprint density at radius 1 is 1.29 bits per heavy atom. The zero-order valence-electron chi connectivity index (χ0n) is 13.6. The quantitative estimate of drug-likeness (QED) is 0.932. The molecule has 5 heteroatoms. The van der Waals surface area contributed by atoms with Crippen molar-refractivity contribution in [2.24, 2.45) is 5.92 Å². The van der Waals surface area contributed by atoms with E-state index in [9.17, 15) is 8.42 Å². The lowest BCUT2D eigenvalue weighted by atomic mass is 9.89. The number of sulfone groups is 1. The molecule has 0 saturated carbocycles. The second-order valence-corrected chi connectivity index (χ2v) is 8.52. The van der Waals surface area contributed by atoms with Gasteiger partial charge in [0.25, 0.3) is 0 Å². The number of likely N-dealkylation sites (tertiary alicyclic amines) is 1. The van der Waals surface area contributed by atoms with Crippen LogP contribution in [0.2, 0.25) is 0 Å². The second kappa shape index (κ2) is 5.97. The van der Waals surface area contributed by atoms with Gasteiger partial charge in [-0.1, -0.05) is 13.0 Å². The Morgan fingerprint density at radius 2 is 1.95 bits per heavy atom. The molecule has 21 heavy (non-hydrogen) atoms. The third-order valence-electron chi connectivity index (χ3n) is 4.59. The van der Waals surface area contributed by atoms with E-state index in [4.69, 9.17) is 0 Å². The molecule has 4 nitrogen and oxygen atoms in total. The number of benzene rings is 1. The van der Waals surface area contributed by atoms with Crippen LogP contribution in [0.15, 0.2) is 23.1 Å². The van der Waals surface area contributed by atoms with Crippen molar-refractivity contribution in [3.63, 3.8) is 0 Å². The molecule has 1 aliphatic heterocycles. The molecule has 3 atom stereocenters. The molecule has 1 N–H and O–H groups in total. The number of hydrogen-bond donors (Lipinski definition) is 1. The highest BCUT2D eigenvalue weighted by Gasteiger charge is 2.29. The summed E-state index contributed by atoms with van der Waals surface area (Å²) in [6.45, 7) is 7.55. The lowest BCUT2D eigenvalue weighted by molar-refractivity contribution is 0.145. The molecule has 0 spiro atoms. The summed E-state index contributed by atoms with van der Waals surface area (Å²) >= 11 is 0. The van der Waals surface area contributed by atoms with Crippen molar-refractivity contribution < 1.29 is 8.42 Å². The van der Waals surface area contributed by atoms with Crippen LogP contribution in [0.5, 0.6) is 0 Å². The predicted octanol–water partition coefficient (Wildman–Crippen LogP) is 2.54. The molecular weight excluding hydrogens is 284 g/mol. The largest absolute Gasteiger partial charge is 0.382 e. The topological polar surface area (TPSA) is 49.4 Å². The number of piperidine rings is 1. The van der Waals surface area contributed by atoms with Crippen LogP contribution in [0.3, 0.4) is 0 Å². The first kappa shape index (κ1) is 16.3. The standard InChI is InChI=1S/C16H26N2O2S/c1-11-6-7-14(21(5,19)20)9-16(11)17-15-8-13(3)18(4)10-12(15)2/h6-7,9,12-13,15,17H,8,10H2,1-5H3. The molecule has 0 aromatic heterocycles. The molecule has 118 valence electrons. The number of nitrogens with zero attached hydrogens (tertiary/aromatic N) is 1. The molecule has 1 fully saturated rings. The van der Waals surface area contributed by atoms with E-state index in [1.54, 1.807) is 12.1 Å². The van der Waals surface area contributed by atoms with E-state index >= 15 is 0 Å². The molecule has 0 aliphatic carbocycles. The zero-order valence-corrected chi connectivity index (χ0v) is 14.4. The minimum Gasteiger partial charge on any atom is -0.382 e. The van der Waals surface area contributed by atoms with Crippen molar-refractivity contribution in [3.05, 3.63) is 23.8 Å². The molecule has 0 amide bonds. The summed E-state index contributed by atoms with van der Waals surface area (Å²) in [5.41, 5.74) is 2.02. The smallest absolute Gasteiger partial charge is 0.175 e. The van der Waals surface area contributed by atoms with Crippen molar-refractivity contribution in [2.45, 2.75) is 44.2 Å². The molecule has 3 unspecified atom stereocenters. The Labute approximate surface area is 128 Å². The number of rotatable bonds is 3. The summed E-state index contributed by atoms with van der Waals surface area (Å²) in [7, 11) is -1.00. The minimum atomic E-state index is -3.16. The van der Waals surface area contributed by atoms with Crippen LogP contribution < -0.4 is 5.32 Å². The fourth-order valence-corrected chi connectivity index (χ4v) is 3.58. The third-order valence-corrected chi connectivity index (χ3v) is 5.70. The van der Waals surface area contributed by atoms with Gasteiger partial charge in [0.15, 0.2) is 9.84 Å². The monoisotopic (exact) mass is 310 g/mol. The fraction of sp³-hybridized carbons (Fsp3) is 0.625. The molecular formula is C16H26N2O2S. The normalized spacial score (nSPS) is 27.6. The summed E-state index contributed by atoms with van der Waals surface area (Å²) in [6, 6.07) is 6.24. The summed E-state index contributed by atoms with van der Waals surface area (Å²) in [5, 5.41) is 3.57. The zero-order chi connectivity index (χ0) is 15.8. The van der Waals surface area contributed by atoms with Crippen LogP contribution in [-0.4, -0.2) is 45.2 Å². The highest BCUT2D eigenvalue weighted by atomic mass is 32.2. The van der Waals surface area contributed by atoms with Crippen molar-refractivity contribution in [2.75, 3.05) is 25.2 Å². The van der Waals surface area contributed by atoms with Gasteiger partial charge in [0.2, 0.25) is 0 Å². The van der Waals surface area contributed by atoms with Crippen molar-refractivity contribution >= 4 is 15.5 Å². The first-order chi connectivity index (χ1) is 9.68. The summed E-state index contributed by atoms with van der Waals surface area (Å²) in [4.78, 5) is 2.76. The summed E-state index contributed by atoms with van der Waals surface area (Å²) in [6.07, 6.45) is 2.32. The van der Waals surface area contributed by atoms with Crippen LogP contribution >= 0.6 is 0 Å². The first-order valence-electron chi connectivity index (χ1n) is 7.46. The van der Waals surface area contributed by atoms with Gasteiger partial charge in [-0.3, -0.25) is 0 Å². The van der Waals surface area contributed by atoms with E-state index in [0.29, 0.717) is 22.9 Å². The maximum Gasteiger partial charge on any atom is 0.175 e. The van der Waals surface area contributed by atoms with Gasteiger partial charge in [-0.2, -0.15) is 0 Å². The van der Waals surface area contributed by atoms with Crippen LogP contribution in [0.1, 0.15) is 25.8 Å². The summed E-state index contributed by atoms with van der Waals surface area (Å²) in [5.74, 6) is 0.535. The van der Waals surface area contributed by atoms with Gasteiger partial charge in [0, 0.05) is 30.6 Å². The Morgan fingerprint density at radius 3 is 2.57 bits per heavy atom. The first-order valence-corrected chi connectivity index (χ1v) is 9.35. The molecule has 1 saturated heterocycles. The van der Waals surface area contributed by atoms with Crippen LogP contribution in [0, 0.1) is 12.8 Å². The SMILES string of the molecule is Cc1ccc(S(C)(=O)=O)cc1NC1CC(C)N(C)CC1C. The average Bonchev–Trinajstić information content (AvgIpc) is 2.37. The lowest BCUT2D eigenvalue weighted by Crippen LogP contribution is -2.48. The maximum atomic E-state index is 11.7. The van der Waals surface area contributed by atoms with Crippen molar-refractivity contribution in [1.82, 2.24) is 4.90 Å². The van der Waals surface area contributed by atoms with Crippen LogP contribution in [0.25, 0.3) is 0 Å². The average molecular weight is 310 g/mol. The highest BCUT2D eigenvalue weighted by Crippen LogP contribution is 2.27. The van der Waals surface area contributed by atoms with Gasteiger partial charge in [-0.15, -0.1) is 0 Å². The molecule has 0 radical (unpaired) electrons. The predicted molar refractivity (Wildman–Crippen MR) is 87.6 cm³/mol. The van der Waals surface area contributed by atoms with Gasteiger partial charge in [0.05, 0.1) is 4.90 Å². The number of aryl methyl sites for hydroxylation is 1. The van der Waals surface area contributed by atoms with Gasteiger partial charge < -0.3 is 10.2 Å². The Kier molecular flexibility index (Phi) is 4.63. The Bertz CT molecular complexity index is 613. The molecule has 0 bridgehead atoms. The minimum absolute atomic E-state index is 0.379. The van der Waals surface area contributed by atoms with Crippen LogP contribution in [-0.2, 0) is 9.84 Å². The highest BCUT2D eigenvalue weighted by molar-refractivity contribution is 7.90. The number of nitrogens with one attached hydrogen (secondary N) is 1. The molecule has 1 aliphatic rings. The van der Waals surface area contributed by atoms with Gasteiger partial charge in [-0.05, 0) is 50.9 Å². The number of anilines is 1. The van der Waals surface area contributed by atoms with Gasteiger partial charge in [0.1, 0.15) is 0 Å². The fourth-order valence-electron chi connectivity index (χ4n) is 2.93. The van der Waals surface area contributed by atoms with E-state index in [0.717, 1.165) is 24.2 Å².